The molecule has 3 heterocycles. The van der Waals surface area contributed by atoms with Crippen molar-refractivity contribution >= 4 is 11.9 Å². The third kappa shape index (κ3) is 2.58. The van der Waals surface area contributed by atoms with Crippen LogP contribution in [0.25, 0.3) is 0 Å². The van der Waals surface area contributed by atoms with Crippen LogP contribution in [-0.4, -0.2) is 58.3 Å². The van der Waals surface area contributed by atoms with Gasteiger partial charge < -0.3 is 26.2 Å². The molecular weight excluding hydrogens is 298 g/mol. The summed E-state index contributed by atoms with van der Waals surface area (Å²) in [5.74, 6) is -1.95. The van der Waals surface area contributed by atoms with E-state index in [0.29, 0.717) is 12.0 Å². The Hall–Kier alpha value is -1.70. The molecule has 1 amide bonds. The SMILES string of the molecule is C[C@@H](O)[C@H]1C(=O)N2C(C(=O)O)=C(/C(=C/[C@@H]3CCCN3)CN)C[C@H]12. The number of nitrogens with zero attached hydrogens (tertiary/aromatic N) is 1. The number of nitrogens with one attached hydrogen (secondary N) is 1. The molecule has 0 unspecified atom stereocenters. The van der Waals surface area contributed by atoms with Crippen molar-refractivity contribution in [3.05, 3.63) is 22.9 Å². The molecule has 0 bridgehead atoms. The van der Waals surface area contributed by atoms with E-state index in [0.717, 1.165) is 25.0 Å². The number of aliphatic hydroxyl groups excluding tert-OH is 1. The van der Waals surface area contributed by atoms with Crippen molar-refractivity contribution in [2.24, 2.45) is 11.7 Å². The molecule has 3 aliphatic heterocycles. The fourth-order valence-corrected chi connectivity index (χ4v) is 3.94. The van der Waals surface area contributed by atoms with Crippen LogP contribution in [-0.2, 0) is 9.59 Å². The summed E-state index contributed by atoms with van der Waals surface area (Å²) in [6.45, 7) is 2.75. The first-order chi connectivity index (χ1) is 11.0. The highest BCUT2D eigenvalue weighted by molar-refractivity contribution is 6.00. The van der Waals surface area contributed by atoms with Crippen LogP contribution in [0.1, 0.15) is 26.2 Å². The number of carbonyl (C=O) groups excluding carboxylic acids is 1. The second kappa shape index (κ2) is 6.07. The van der Waals surface area contributed by atoms with Crippen molar-refractivity contribution in [1.29, 1.82) is 0 Å². The van der Waals surface area contributed by atoms with Gasteiger partial charge in [0.2, 0.25) is 5.91 Å². The molecule has 3 rings (SSSR count). The molecule has 2 saturated heterocycles. The highest BCUT2D eigenvalue weighted by Gasteiger charge is 2.56. The van der Waals surface area contributed by atoms with Gasteiger partial charge in [-0.3, -0.25) is 4.79 Å². The van der Waals surface area contributed by atoms with Crippen molar-refractivity contribution in [3.63, 3.8) is 0 Å². The van der Waals surface area contributed by atoms with Crippen LogP contribution in [0, 0.1) is 5.92 Å². The molecule has 23 heavy (non-hydrogen) atoms. The number of carbonyl (C=O) groups is 2. The standard InChI is InChI=1S/C16H23N3O4/c1-8(20)13-12-6-11(14(16(22)23)19(12)15(13)21)9(7-17)5-10-3-2-4-18-10/h5,8,10,12-13,18,20H,2-4,6-7,17H2,1H3,(H,22,23)/b9-5+/t8-,10+,12-,13-/m1/s1. The topological polar surface area (TPSA) is 116 Å². The van der Waals surface area contributed by atoms with Gasteiger partial charge >= 0.3 is 5.97 Å². The minimum atomic E-state index is -1.11. The molecule has 0 aliphatic carbocycles. The monoisotopic (exact) mass is 321 g/mol. The predicted octanol–water partition coefficient (Wildman–Crippen LogP) is -0.426. The van der Waals surface area contributed by atoms with Crippen molar-refractivity contribution in [3.8, 4) is 0 Å². The Labute approximate surface area is 134 Å². The van der Waals surface area contributed by atoms with E-state index in [1.165, 1.54) is 4.90 Å². The molecule has 5 N–H and O–H groups in total. The predicted molar refractivity (Wildman–Crippen MR) is 83.2 cm³/mol. The van der Waals surface area contributed by atoms with Crippen LogP contribution in [0.4, 0.5) is 0 Å². The normalized spacial score (nSPS) is 32.1. The number of β-lactam (4-membered cyclic amide) rings is 1. The lowest BCUT2D eigenvalue weighted by Gasteiger charge is -2.44. The maximum atomic E-state index is 12.2. The van der Waals surface area contributed by atoms with E-state index in [2.05, 4.69) is 5.32 Å². The lowest BCUT2D eigenvalue weighted by Crippen LogP contribution is -2.61. The zero-order valence-electron chi connectivity index (χ0n) is 13.2. The molecule has 0 aromatic carbocycles. The first kappa shape index (κ1) is 16.2. The molecule has 0 saturated carbocycles. The third-order valence-electron chi connectivity index (χ3n) is 5.04. The number of carboxylic acid groups (broad SMARTS) is 1. The Bertz CT molecular complexity index is 590. The van der Waals surface area contributed by atoms with Crippen LogP contribution in [0.3, 0.4) is 0 Å². The van der Waals surface area contributed by atoms with Gasteiger partial charge in [-0.25, -0.2) is 4.79 Å². The lowest BCUT2D eigenvalue weighted by atomic mass is 9.82. The summed E-state index contributed by atoms with van der Waals surface area (Å²) in [5.41, 5.74) is 7.31. The van der Waals surface area contributed by atoms with Crippen LogP contribution in [0.2, 0.25) is 0 Å². The fourth-order valence-electron chi connectivity index (χ4n) is 3.94. The molecular formula is C16H23N3O4. The Morgan fingerprint density at radius 3 is 2.83 bits per heavy atom. The number of fused-ring (bicyclic) bond motifs is 1. The van der Waals surface area contributed by atoms with Crippen LogP contribution >= 0.6 is 0 Å². The van der Waals surface area contributed by atoms with Gasteiger partial charge in [0.25, 0.3) is 0 Å². The number of aliphatic hydroxyl groups is 1. The molecule has 2 fully saturated rings. The fraction of sp³-hybridized carbons (Fsp3) is 0.625. The van der Waals surface area contributed by atoms with E-state index in [1.807, 2.05) is 6.08 Å². The number of nitrogens with two attached hydrogens (primary N) is 1. The van der Waals surface area contributed by atoms with E-state index >= 15 is 0 Å². The van der Waals surface area contributed by atoms with Crippen molar-refractivity contribution in [1.82, 2.24) is 10.2 Å². The van der Waals surface area contributed by atoms with Gasteiger partial charge in [-0.1, -0.05) is 6.08 Å². The average molecular weight is 321 g/mol. The summed E-state index contributed by atoms with van der Waals surface area (Å²) < 4.78 is 0. The second-order valence-corrected chi connectivity index (χ2v) is 6.48. The average Bonchev–Trinajstić information content (AvgIpc) is 3.09. The number of carboxylic acids is 1. The summed E-state index contributed by atoms with van der Waals surface area (Å²) >= 11 is 0. The van der Waals surface area contributed by atoms with E-state index < -0.39 is 18.0 Å². The number of hydrogen-bond acceptors (Lipinski definition) is 5. The Balaban J connectivity index is 1.93. The summed E-state index contributed by atoms with van der Waals surface area (Å²) in [7, 11) is 0. The van der Waals surface area contributed by atoms with E-state index in [-0.39, 0.29) is 30.2 Å². The molecule has 0 spiro atoms. The second-order valence-electron chi connectivity index (χ2n) is 6.48. The number of amides is 1. The minimum absolute atomic E-state index is 0.0339. The van der Waals surface area contributed by atoms with Crippen molar-refractivity contribution < 1.29 is 19.8 Å². The molecule has 4 atom stereocenters. The minimum Gasteiger partial charge on any atom is -0.477 e. The van der Waals surface area contributed by atoms with Crippen molar-refractivity contribution in [2.75, 3.05) is 13.1 Å². The highest BCUT2D eigenvalue weighted by atomic mass is 16.4. The van der Waals surface area contributed by atoms with Gasteiger partial charge in [-0.15, -0.1) is 0 Å². The molecule has 0 aromatic rings. The van der Waals surface area contributed by atoms with Gasteiger partial charge in [0.1, 0.15) is 5.70 Å². The largest absolute Gasteiger partial charge is 0.477 e. The number of rotatable bonds is 5. The number of hydrogen-bond donors (Lipinski definition) is 4. The van der Waals surface area contributed by atoms with E-state index in [9.17, 15) is 19.8 Å². The van der Waals surface area contributed by atoms with E-state index in [1.54, 1.807) is 6.92 Å². The first-order valence-electron chi connectivity index (χ1n) is 8.07. The van der Waals surface area contributed by atoms with Gasteiger partial charge in [-0.05, 0) is 43.9 Å². The first-order valence-corrected chi connectivity index (χ1v) is 8.07. The molecule has 126 valence electrons. The molecule has 0 radical (unpaired) electrons. The van der Waals surface area contributed by atoms with Crippen LogP contribution in [0.15, 0.2) is 22.9 Å². The van der Waals surface area contributed by atoms with Crippen LogP contribution in [0.5, 0.6) is 0 Å². The summed E-state index contributed by atoms with van der Waals surface area (Å²) in [5, 5.41) is 22.7. The quantitative estimate of drug-likeness (QED) is 0.511. The zero-order valence-corrected chi connectivity index (χ0v) is 13.2. The Kier molecular flexibility index (Phi) is 4.27. The van der Waals surface area contributed by atoms with Gasteiger partial charge in [0, 0.05) is 12.6 Å². The summed E-state index contributed by atoms with van der Waals surface area (Å²) in [4.78, 5) is 25.2. The molecule has 3 aliphatic rings. The summed E-state index contributed by atoms with van der Waals surface area (Å²) in [6.07, 6.45) is 3.75. The molecule has 0 aromatic heterocycles. The maximum Gasteiger partial charge on any atom is 0.352 e. The zero-order chi connectivity index (χ0) is 16.7. The number of aliphatic carboxylic acids is 1. The van der Waals surface area contributed by atoms with Gasteiger partial charge in [0.05, 0.1) is 18.1 Å². The Morgan fingerprint density at radius 1 is 1.57 bits per heavy atom. The lowest BCUT2D eigenvalue weighted by molar-refractivity contribution is -0.161. The smallest absolute Gasteiger partial charge is 0.352 e. The Morgan fingerprint density at radius 2 is 2.30 bits per heavy atom. The van der Waals surface area contributed by atoms with E-state index in [4.69, 9.17) is 5.73 Å². The maximum absolute atomic E-state index is 12.2. The third-order valence-corrected chi connectivity index (χ3v) is 5.04. The molecule has 7 heteroatoms. The van der Waals surface area contributed by atoms with Crippen LogP contribution < -0.4 is 11.1 Å². The van der Waals surface area contributed by atoms with Gasteiger partial charge in [0.15, 0.2) is 0 Å². The highest BCUT2D eigenvalue weighted by Crippen LogP contribution is 2.45. The summed E-state index contributed by atoms with van der Waals surface area (Å²) in [6, 6.07) is -0.0669. The molecule has 7 nitrogen and oxygen atoms in total. The van der Waals surface area contributed by atoms with Crippen molar-refractivity contribution in [2.45, 2.75) is 44.4 Å². The van der Waals surface area contributed by atoms with Gasteiger partial charge in [-0.2, -0.15) is 0 Å².